The summed E-state index contributed by atoms with van der Waals surface area (Å²) in [6.07, 6.45) is 3.66. The maximum absolute atomic E-state index is 12.3. The number of aryl methyl sites for hydroxylation is 1. The number of carboxylic acids is 1. The third kappa shape index (κ3) is 1.58. The molecule has 2 aliphatic rings. The Hall–Kier alpha value is -1.62. The molecule has 1 aromatic rings. The fourth-order valence-electron chi connectivity index (χ4n) is 3.20. The molecule has 0 spiro atoms. The van der Waals surface area contributed by atoms with Crippen molar-refractivity contribution in [3.63, 3.8) is 0 Å². The second-order valence-electron chi connectivity index (χ2n) is 5.26. The van der Waals surface area contributed by atoms with E-state index in [1.807, 2.05) is 16.8 Å². The Kier molecular flexibility index (Phi) is 2.52. The second-order valence-corrected chi connectivity index (χ2v) is 5.26. The number of carboxylic acid groups (broad SMARTS) is 1. The number of aromatic nitrogens is 1. The molecular formula is C13H16N2O3. The summed E-state index contributed by atoms with van der Waals surface area (Å²) >= 11 is 0. The van der Waals surface area contributed by atoms with Gasteiger partial charge in [0.1, 0.15) is 5.78 Å². The lowest BCUT2D eigenvalue weighted by Gasteiger charge is -2.28. The summed E-state index contributed by atoms with van der Waals surface area (Å²) in [5.41, 5.74) is 8.18. The number of rotatable bonds is 1. The molecule has 2 heterocycles. The maximum Gasteiger partial charge on any atom is 0.308 e. The first-order chi connectivity index (χ1) is 8.58. The monoisotopic (exact) mass is 248 g/mol. The summed E-state index contributed by atoms with van der Waals surface area (Å²) in [5.74, 6) is -1.87. The van der Waals surface area contributed by atoms with Gasteiger partial charge in [-0.1, -0.05) is 0 Å². The SMILES string of the molecule is N[C@H]1CCc2ccn3c2C1C(=O)C[C@H](C(=O)O)C3. The van der Waals surface area contributed by atoms with Gasteiger partial charge < -0.3 is 15.4 Å². The van der Waals surface area contributed by atoms with Gasteiger partial charge in [-0.25, -0.2) is 0 Å². The summed E-state index contributed by atoms with van der Waals surface area (Å²) in [6.45, 7) is 0.375. The average Bonchev–Trinajstić information content (AvgIpc) is 2.63. The van der Waals surface area contributed by atoms with Crippen molar-refractivity contribution in [2.24, 2.45) is 11.7 Å². The lowest BCUT2D eigenvalue weighted by atomic mass is 9.80. The van der Waals surface area contributed by atoms with Crippen molar-refractivity contribution >= 4 is 11.8 Å². The van der Waals surface area contributed by atoms with Gasteiger partial charge in [0.2, 0.25) is 0 Å². The Labute approximate surface area is 105 Å². The second kappa shape index (κ2) is 3.95. The zero-order valence-corrected chi connectivity index (χ0v) is 10.0. The van der Waals surface area contributed by atoms with Crippen LogP contribution in [0.3, 0.4) is 0 Å². The molecule has 0 radical (unpaired) electrons. The first-order valence-electron chi connectivity index (χ1n) is 6.27. The van der Waals surface area contributed by atoms with Crippen molar-refractivity contribution < 1.29 is 14.7 Å². The van der Waals surface area contributed by atoms with E-state index in [-0.39, 0.29) is 24.2 Å². The Morgan fingerprint density at radius 3 is 3.00 bits per heavy atom. The lowest BCUT2D eigenvalue weighted by molar-refractivity contribution is -0.144. The lowest BCUT2D eigenvalue weighted by Crippen LogP contribution is -2.38. The highest BCUT2D eigenvalue weighted by Gasteiger charge is 2.40. The normalized spacial score (nSPS) is 30.7. The minimum Gasteiger partial charge on any atom is -0.481 e. The van der Waals surface area contributed by atoms with Crippen molar-refractivity contribution in [1.29, 1.82) is 0 Å². The standard InChI is InChI=1S/C13H16N2O3/c14-9-2-1-7-3-4-15-6-8(13(17)18)5-10(16)11(9)12(7)15/h3-4,8-9,11H,1-2,5-6,14H2,(H,17,18)/t8-,9-,11?/m0/s1. The van der Waals surface area contributed by atoms with Crippen LogP contribution in [0.5, 0.6) is 0 Å². The van der Waals surface area contributed by atoms with Crippen molar-refractivity contribution in [3.8, 4) is 0 Å². The first-order valence-corrected chi connectivity index (χ1v) is 6.27. The van der Waals surface area contributed by atoms with E-state index in [0.717, 1.165) is 24.1 Å². The zero-order valence-electron chi connectivity index (χ0n) is 10.0. The van der Waals surface area contributed by atoms with E-state index in [2.05, 4.69) is 0 Å². The van der Waals surface area contributed by atoms with E-state index in [1.165, 1.54) is 0 Å². The van der Waals surface area contributed by atoms with Gasteiger partial charge in [0.15, 0.2) is 0 Å². The number of hydrogen-bond acceptors (Lipinski definition) is 3. The van der Waals surface area contributed by atoms with Crippen LogP contribution in [0.15, 0.2) is 12.3 Å². The van der Waals surface area contributed by atoms with E-state index in [9.17, 15) is 9.59 Å². The molecular weight excluding hydrogens is 232 g/mol. The topological polar surface area (TPSA) is 85.3 Å². The molecule has 1 aliphatic carbocycles. The van der Waals surface area contributed by atoms with E-state index in [1.54, 1.807) is 0 Å². The van der Waals surface area contributed by atoms with Gasteiger partial charge in [-0.15, -0.1) is 0 Å². The smallest absolute Gasteiger partial charge is 0.308 e. The molecule has 0 fully saturated rings. The van der Waals surface area contributed by atoms with Gasteiger partial charge in [-0.05, 0) is 24.5 Å². The molecule has 0 aromatic carbocycles. The van der Waals surface area contributed by atoms with Gasteiger partial charge in [-0.2, -0.15) is 0 Å². The number of carbonyl (C=O) groups is 2. The van der Waals surface area contributed by atoms with Crippen LogP contribution in [0.25, 0.3) is 0 Å². The molecule has 0 saturated carbocycles. The Morgan fingerprint density at radius 2 is 2.28 bits per heavy atom. The van der Waals surface area contributed by atoms with Crippen LogP contribution in [0.4, 0.5) is 0 Å². The molecule has 1 unspecified atom stereocenters. The third-order valence-corrected chi connectivity index (χ3v) is 4.12. The minimum absolute atomic E-state index is 0.0201. The van der Waals surface area contributed by atoms with Crippen molar-refractivity contribution in [1.82, 2.24) is 4.57 Å². The molecule has 3 N–H and O–H groups in total. The van der Waals surface area contributed by atoms with Gasteiger partial charge >= 0.3 is 5.97 Å². The Bertz CT molecular complexity index is 520. The highest BCUT2D eigenvalue weighted by molar-refractivity contribution is 5.90. The fourth-order valence-corrected chi connectivity index (χ4v) is 3.20. The number of nitrogens with zero attached hydrogens (tertiary/aromatic N) is 1. The highest BCUT2D eigenvalue weighted by Crippen LogP contribution is 2.36. The summed E-state index contributed by atoms with van der Waals surface area (Å²) in [6, 6.07) is 1.82. The number of hydrogen-bond donors (Lipinski definition) is 2. The number of ketones is 1. The molecule has 0 saturated heterocycles. The number of aliphatic carboxylic acids is 1. The summed E-state index contributed by atoms with van der Waals surface area (Å²) < 4.78 is 1.92. The zero-order chi connectivity index (χ0) is 12.9. The predicted octanol–water partition coefficient (Wildman–Crippen LogP) is 0.519. The van der Waals surface area contributed by atoms with E-state index >= 15 is 0 Å². The molecule has 0 amide bonds. The van der Waals surface area contributed by atoms with Crippen LogP contribution >= 0.6 is 0 Å². The van der Waals surface area contributed by atoms with Crippen molar-refractivity contribution in [2.75, 3.05) is 0 Å². The summed E-state index contributed by atoms with van der Waals surface area (Å²) in [5, 5.41) is 9.16. The van der Waals surface area contributed by atoms with Crippen molar-refractivity contribution in [2.45, 2.75) is 37.8 Å². The molecule has 5 heteroatoms. The number of Topliss-reactive ketones (excluding diaryl/α,β-unsaturated/α-hetero) is 1. The molecule has 0 bridgehead atoms. The molecule has 18 heavy (non-hydrogen) atoms. The predicted molar refractivity (Wildman–Crippen MR) is 64.2 cm³/mol. The van der Waals surface area contributed by atoms with Crippen LogP contribution in [-0.2, 0) is 22.6 Å². The van der Waals surface area contributed by atoms with Gasteiger partial charge in [0, 0.05) is 30.9 Å². The Balaban J connectivity index is 2.09. The number of nitrogens with two attached hydrogens (primary N) is 1. The van der Waals surface area contributed by atoms with Crippen LogP contribution in [-0.4, -0.2) is 27.5 Å². The quantitative estimate of drug-likeness (QED) is 0.758. The average molecular weight is 248 g/mol. The summed E-state index contributed by atoms with van der Waals surface area (Å²) in [7, 11) is 0. The minimum atomic E-state index is -0.905. The van der Waals surface area contributed by atoms with Crippen LogP contribution < -0.4 is 5.73 Å². The van der Waals surface area contributed by atoms with Crippen molar-refractivity contribution in [3.05, 3.63) is 23.5 Å². The van der Waals surface area contributed by atoms with Gasteiger partial charge in [-0.3, -0.25) is 9.59 Å². The van der Waals surface area contributed by atoms with Gasteiger partial charge in [0.25, 0.3) is 0 Å². The van der Waals surface area contributed by atoms with Crippen LogP contribution in [0.1, 0.15) is 30.0 Å². The summed E-state index contributed by atoms with van der Waals surface area (Å²) in [4.78, 5) is 23.4. The van der Waals surface area contributed by atoms with E-state index in [4.69, 9.17) is 10.8 Å². The molecule has 3 atom stereocenters. The largest absolute Gasteiger partial charge is 0.481 e. The third-order valence-electron chi connectivity index (χ3n) is 4.12. The molecule has 1 aromatic heterocycles. The van der Waals surface area contributed by atoms with Gasteiger partial charge in [0.05, 0.1) is 11.8 Å². The van der Waals surface area contributed by atoms with Crippen LogP contribution in [0, 0.1) is 5.92 Å². The maximum atomic E-state index is 12.3. The highest BCUT2D eigenvalue weighted by atomic mass is 16.4. The van der Waals surface area contributed by atoms with E-state index < -0.39 is 11.9 Å². The van der Waals surface area contributed by atoms with Crippen LogP contribution in [0.2, 0.25) is 0 Å². The number of carbonyl (C=O) groups excluding carboxylic acids is 1. The molecule has 5 nitrogen and oxygen atoms in total. The fraction of sp³-hybridized carbons (Fsp3) is 0.538. The molecule has 1 aliphatic heterocycles. The molecule has 3 rings (SSSR count). The van der Waals surface area contributed by atoms with E-state index in [0.29, 0.717) is 6.54 Å². The molecule has 96 valence electrons. The Morgan fingerprint density at radius 1 is 1.50 bits per heavy atom. The first kappa shape index (κ1) is 11.5.